The number of carbonyl (C=O) groups excluding carboxylic acids is 1. The normalized spacial score (nSPS) is 19.3. The fraction of sp³-hybridized carbons (Fsp3) is 0.389. The van der Waals surface area contributed by atoms with Gasteiger partial charge in [0.2, 0.25) is 0 Å². The van der Waals surface area contributed by atoms with Gasteiger partial charge < -0.3 is 10.2 Å². The van der Waals surface area contributed by atoms with Gasteiger partial charge in [-0.05, 0) is 43.5 Å². The van der Waals surface area contributed by atoms with Crippen molar-refractivity contribution >= 4 is 27.6 Å². The number of aromatic nitrogens is 2. The van der Waals surface area contributed by atoms with Crippen LogP contribution in [-0.2, 0) is 12.6 Å². The molecule has 0 fully saturated rings. The fourth-order valence-electron chi connectivity index (χ4n) is 3.50. The molecule has 0 bridgehead atoms. The van der Waals surface area contributed by atoms with Crippen molar-refractivity contribution < 1.29 is 18.0 Å². The molecule has 6 nitrogen and oxygen atoms in total. The summed E-state index contributed by atoms with van der Waals surface area (Å²) in [5.74, 6) is 0. The predicted octanol–water partition coefficient (Wildman–Crippen LogP) is 4.48. The number of alkyl halides is 3. The molecule has 1 aliphatic heterocycles. The largest absolute Gasteiger partial charge is 0.417 e. The third-order valence-electron chi connectivity index (χ3n) is 4.71. The molecule has 28 heavy (non-hydrogen) atoms. The van der Waals surface area contributed by atoms with Gasteiger partial charge in [0.15, 0.2) is 0 Å². The molecule has 2 aromatic rings. The van der Waals surface area contributed by atoms with Crippen LogP contribution in [0.3, 0.4) is 0 Å². The smallest absolute Gasteiger partial charge is 0.313 e. The average Bonchev–Trinajstić information content (AvgIpc) is 2.58. The molecule has 2 atom stereocenters. The van der Waals surface area contributed by atoms with Gasteiger partial charge in [-0.15, -0.1) is 0 Å². The number of hydrogen-bond acceptors (Lipinski definition) is 3. The zero-order chi connectivity index (χ0) is 20.6. The van der Waals surface area contributed by atoms with Gasteiger partial charge in [-0.3, -0.25) is 4.79 Å². The second-order valence-electron chi connectivity index (χ2n) is 6.65. The van der Waals surface area contributed by atoms with E-state index in [1.165, 1.54) is 18.2 Å². The Labute approximate surface area is 167 Å². The third kappa shape index (κ3) is 3.91. The van der Waals surface area contributed by atoms with E-state index in [1.807, 2.05) is 13.8 Å². The maximum absolute atomic E-state index is 12.9. The van der Waals surface area contributed by atoms with Gasteiger partial charge in [-0.25, -0.2) is 9.89 Å². The Balaban J connectivity index is 1.86. The molecular formula is C18H18BrF3N4O2. The standard InChI is InChI=1S/C18H18BrF3N4O2/c1-3-14-16-10(7-15(27)24-25-16)6-9(2)26(14)17(28)23-11-4-5-12(13(19)8-11)18(20,21)22/h4-5,7-9,14H,3,6H2,1-2H3,(H,23,28)(H,24,27). The highest BCUT2D eigenvalue weighted by Gasteiger charge is 2.36. The number of amides is 2. The predicted molar refractivity (Wildman–Crippen MR) is 101 cm³/mol. The van der Waals surface area contributed by atoms with Crippen molar-refractivity contribution in [3.63, 3.8) is 0 Å². The van der Waals surface area contributed by atoms with E-state index in [0.29, 0.717) is 18.5 Å². The summed E-state index contributed by atoms with van der Waals surface area (Å²) in [6.45, 7) is 3.75. The maximum atomic E-state index is 12.9. The van der Waals surface area contributed by atoms with Crippen LogP contribution >= 0.6 is 15.9 Å². The van der Waals surface area contributed by atoms with Crippen molar-refractivity contribution in [1.29, 1.82) is 0 Å². The molecule has 0 radical (unpaired) electrons. The number of aromatic amines is 1. The first-order chi connectivity index (χ1) is 13.1. The zero-order valence-electron chi connectivity index (χ0n) is 15.1. The molecule has 2 unspecified atom stereocenters. The van der Waals surface area contributed by atoms with E-state index in [2.05, 4.69) is 31.4 Å². The first-order valence-electron chi connectivity index (χ1n) is 8.66. The molecule has 150 valence electrons. The summed E-state index contributed by atoms with van der Waals surface area (Å²) in [6.07, 6.45) is -3.45. The molecule has 1 aromatic carbocycles. The summed E-state index contributed by atoms with van der Waals surface area (Å²) in [6, 6.07) is 3.84. The van der Waals surface area contributed by atoms with Crippen molar-refractivity contribution in [3.8, 4) is 0 Å². The second kappa shape index (κ2) is 7.57. The summed E-state index contributed by atoms with van der Waals surface area (Å²) in [5, 5.41) is 9.16. The number of anilines is 1. The topological polar surface area (TPSA) is 78.1 Å². The Bertz CT molecular complexity index is 961. The fourth-order valence-corrected chi connectivity index (χ4v) is 4.11. The lowest BCUT2D eigenvalue weighted by atomic mass is 9.92. The average molecular weight is 459 g/mol. The van der Waals surface area contributed by atoms with Gasteiger partial charge in [0.25, 0.3) is 5.56 Å². The van der Waals surface area contributed by atoms with Crippen molar-refractivity contribution in [2.75, 3.05) is 5.32 Å². The van der Waals surface area contributed by atoms with Gasteiger partial charge in [-0.2, -0.15) is 18.3 Å². The molecule has 0 saturated carbocycles. The Morgan fingerprint density at radius 2 is 2.11 bits per heavy atom. The highest BCUT2D eigenvalue weighted by atomic mass is 79.9. The Morgan fingerprint density at radius 1 is 1.39 bits per heavy atom. The van der Waals surface area contributed by atoms with Gasteiger partial charge >= 0.3 is 12.2 Å². The van der Waals surface area contributed by atoms with Crippen LogP contribution in [0.4, 0.5) is 23.7 Å². The van der Waals surface area contributed by atoms with Crippen molar-refractivity contribution in [2.45, 2.75) is 44.9 Å². The molecule has 3 rings (SSSR count). The monoisotopic (exact) mass is 458 g/mol. The van der Waals surface area contributed by atoms with E-state index >= 15 is 0 Å². The van der Waals surface area contributed by atoms with Crippen molar-refractivity contribution in [1.82, 2.24) is 15.1 Å². The third-order valence-corrected chi connectivity index (χ3v) is 5.37. The highest BCUT2D eigenvalue weighted by Crippen LogP contribution is 2.37. The van der Waals surface area contributed by atoms with Gasteiger partial charge in [0.1, 0.15) is 0 Å². The molecule has 1 aliphatic rings. The Hall–Kier alpha value is -2.36. The minimum absolute atomic E-state index is 0.152. The Morgan fingerprint density at radius 3 is 2.71 bits per heavy atom. The molecule has 2 amide bonds. The van der Waals surface area contributed by atoms with Gasteiger partial charge in [-0.1, -0.05) is 22.9 Å². The molecule has 0 saturated heterocycles. The van der Waals surface area contributed by atoms with E-state index in [9.17, 15) is 22.8 Å². The molecule has 10 heteroatoms. The van der Waals surface area contributed by atoms with Crippen LogP contribution in [0, 0.1) is 0 Å². The molecule has 1 aromatic heterocycles. The van der Waals surface area contributed by atoms with Crippen molar-refractivity contribution in [3.05, 3.63) is 55.9 Å². The molecule has 0 aliphatic carbocycles. The highest BCUT2D eigenvalue weighted by molar-refractivity contribution is 9.10. The number of halogens is 4. The first-order valence-corrected chi connectivity index (χ1v) is 9.45. The number of H-pyrrole nitrogens is 1. The number of carbonyl (C=O) groups is 1. The van der Waals surface area contributed by atoms with Crippen LogP contribution in [0.15, 0.2) is 33.5 Å². The zero-order valence-corrected chi connectivity index (χ0v) is 16.7. The molecular weight excluding hydrogens is 441 g/mol. The molecule has 2 N–H and O–H groups in total. The van der Waals surface area contributed by atoms with Crippen LogP contribution in [0.1, 0.15) is 43.1 Å². The van der Waals surface area contributed by atoms with Gasteiger partial charge in [0.05, 0.1) is 17.3 Å². The first kappa shape index (κ1) is 20.4. The summed E-state index contributed by atoms with van der Waals surface area (Å²) in [4.78, 5) is 26.0. The van der Waals surface area contributed by atoms with Crippen LogP contribution < -0.4 is 10.9 Å². The maximum Gasteiger partial charge on any atom is 0.417 e. The lowest BCUT2D eigenvalue weighted by Crippen LogP contribution is -2.48. The summed E-state index contributed by atoms with van der Waals surface area (Å²) in [5.41, 5.74) is 0.555. The van der Waals surface area contributed by atoms with Gasteiger partial charge in [0, 0.05) is 22.3 Å². The molecule has 0 spiro atoms. The van der Waals surface area contributed by atoms with Crippen LogP contribution in [0.25, 0.3) is 0 Å². The van der Waals surface area contributed by atoms with E-state index < -0.39 is 17.8 Å². The van der Waals surface area contributed by atoms with Crippen molar-refractivity contribution in [2.24, 2.45) is 0 Å². The van der Waals surface area contributed by atoms with E-state index in [0.717, 1.165) is 11.6 Å². The second-order valence-corrected chi connectivity index (χ2v) is 7.50. The number of fused-ring (bicyclic) bond motifs is 1. The van der Waals surface area contributed by atoms with Crippen LogP contribution in [0.2, 0.25) is 0 Å². The van der Waals surface area contributed by atoms with E-state index in [4.69, 9.17) is 0 Å². The summed E-state index contributed by atoms with van der Waals surface area (Å²) < 4.78 is 38.5. The SMILES string of the molecule is CCC1c2n[nH]c(=O)cc2CC(C)N1C(=O)Nc1ccc(C(F)(F)F)c(Br)c1. The number of urea groups is 1. The molecule has 2 heterocycles. The van der Waals surface area contributed by atoms with E-state index in [-0.39, 0.29) is 27.8 Å². The minimum Gasteiger partial charge on any atom is -0.313 e. The van der Waals surface area contributed by atoms with E-state index in [1.54, 1.807) is 4.90 Å². The minimum atomic E-state index is -4.48. The number of benzene rings is 1. The number of hydrogen-bond donors (Lipinski definition) is 2. The summed E-state index contributed by atoms with van der Waals surface area (Å²) in [7, 11) is 0. The number of nitrogens with one attached hydrogen (secondary N) is 2. The summed E-state index contributed by atoms with van der Waals surface area (Å²) >= 11 is 2.91. The number of rotatable bonds is 2. The van der Waals surface area contributed by atoms with Crippen LogP contribution in [0.5, 0.6) is 0 Å². The lowest BCUT2D eigenvalue weighted by Gasteiger charge is -2.40. The Kier molecular flexibility index (Phi) is 5.51. The number of nitrogens with zero attached hydrogens (tertiary/aromatic N) is 2. The van der Waals surface area contributed by atoms with Crippen LogP contribution in [-0.4, -0.2) is 27.2 Å². The quantitative estimate of drug-likeness (QED) is 0.696. The lowest BCUT2D eigenvalue weighted by molar-refractivity contribution is -0.138.